The summed E-state index contributed by atoms with van der Waals surface area (Å²) in [7, 11) is 1.79. The lowest BCUT2D eigenvalue weighted by Crippen LogP contribution is -2.03. The number of imidazole rings is 1. The molecule has 0 N–H and O–H groups in total. The molecular formula is C6H7BrN2O2. The number of esters is 1. The molecule has 60 valence electrons. The molecule has 5 heteroatoms. The molecule has 0 saturated heterocycles. The zero-order chi connectivity index (χ0) is 8.27. The summed E-state index contributed by atoms with van der Waals surface area (Å²) in [5, 5.41) is 0. The van der Waals surface area contributed by atoms with Crippen molar-refractivity contribution in [1.29, 1.82) is 0 Å². The van der Waals surface area contributed by atoms with Crippen LogP contribution in [0.5, 0.6) is 0 Å². The maximum absolute atomic E-state index is 10.9. The first kappa shape index (κ1) is 8.26. The summed E-state index contributed by atoms with van der Waals surface area (Å²) in [5.74, 6) is -0.414. The number of nitrogens with zero attached hydrogens (tertiary/aromatic N) is 2. The van der Waals surface area contributed by atoms with Crippen molar-refractivity contribution in [2.45, 2.75) is 0 Å². The smallest absolute Gasteiger partial charge is 0.359 e. The summed E-state index contributed by atoms with van der Waals surface area (Å²) in [6.45, 7) is 0. The van der Waals surface area contributed by atoms with Gasteiger partial charge in [-0.05, 0) is 15.9 Å². The van der Waals surface area contributed by atoms with Gasteiger partial charge in [0.05, 0.1) is 6.33 Å². The van der Waals surface area contributed by atoms with Gasteiger partial charge in [-0.15, -0.1) is 0 Å². The minimum absolute atomic E-state index is 0.197. The van der Waals surface area contributed by atoms with Crippen molar-refractivity contribution in [3.8, 4) is 0 Å². The third-order valence-corrected chi connectivity index (χ3v) is 1.33. The van der Waals surface area contributed by atoms with Crippen LogP contribution in [-0.4, -0.2) is 21.0 Å². The van der Waals surface area contributed by atoms with Crippen LogP contribution in [0.1, 0.15) is 10.5 Å². The number of hydrogen-bond acceptors (Lipinski definition) is 3. The van der Waals surface area contributed by atoms with Gasteiger partial charge in [-0.1, -0.05) is 0 Å². The van der Waals surface area contributed by atoms with E-state index in [1.54, 1.807) is 24.1 Å². The van der Waals surface area contributed by atoms with Gasteiger partial charge in [0.25, 0.3) is 0 Å². The third kappa shape index (κ3) is 2.04. The van der Waals surface area contributed by atoms with Crippen molar-refractivity contribution < 1.29 is 9.53 Å². The second kappa shape index (κ2) is 3.52. The summed E-state index contributed by atoms with van der Waals surface area (Å²) >= 11 is 2.98. The lowest BCUT2D eigenvalue weighted by atomic mass is 10.5. The molecule has 11 heavy (non-hydrogen) atoms. The van der Waals surface area contributed by atoms with E-state index in [-0.39, 0.29) is 5.52 Å². The highest BCUT2D eigenvalue weighted by molar-refractivity contribution is 9.09. The number of hydrogen-bond donors (Lipinski definition) is 0. The summed E-state index contributed by atoms with van der Waals surface area (Å²) in [6.07, 6.45) is 3.15. The zero-order valence-corrected chi connectivity index (χ0v) is 7.54. The second-order valence-corrected chi connectivity index (χ2v) is 2.42. The minimum Gasteiger partial charge on any atom is -0.449 e. The molecular weight excluding hydrogens is 212 g/mol. The number of ether oxygens (including phenoxy) is 1. The Morgan fingerprint density at radius 1 is 1.91 bits per heavy atom. The number of aryl methyl sites for hydroxylation is 1. The van der Waals surface area contributed by atoms with Crippen molar-refractivity contribution >= 4 is 21.9 Å². The fourth-order valence-corrected chi connectivity index (χ4v) is 0.850. The maximum Gasteiger partial charge on any atom is 0.359 e. The average molecular weight is 219 g/mol. The van der Waals surface area contributed by atoms with E-state index in [0.717, 1.165) is 0 Å². The molecule has 1 rings (SSSR count). The van der Waals surface area contributed by atoms with Gasteiger partial charge in [0, 0.05) is 13.2 Å². The first-order valence-electron chi connectivity index (χ1n) is 2.95. The quantitative estimate of drug-likeness (QED) is 0.548. The molecule has 0 bridgehead atoms. The molecule has 1 heterocycles. The van der Waals surface area contributed by atoms with Crippen molar-refractivity contribution in [1.82, 2.24) is 9.55 Å². The molecule has 0 aliphatic carbocycles. The van der Waals surface area contributed by atoms with Crippen LogP contribution in [-0.2, 0) is 11.8 Å². The van der Waals surface area contributed by atoms with Gasteiger partial charge >= 0.3 is 5.97 Å². The van der Waals surface area contributed by atoms with Gasteiger partial charge in [-0.25, -0.2) is 9.78 Å². The van der Waals surface area contributed by atoms with E-state index < -0.39 is 5.97 Å². The molecule has 0 fully saturated rings. The molecule has 0 aliphatic heterocycles. The van der Waals surface area contributed by atoms with Crippen LogP contribution in [0.4, 0.5) is 0 Å². The lowest BCUT2D eigenvalue weighted by Gasteiger charge is -1.94. The molecule has 0 atom stereocenters. The van der Waals surface area contributed by atoms with Crippen LogP contribution in [0.15, 0.2) is 12.5 Å². The Kier molecular flexibility index (Phi) is 2.64. The van der Waals surface area contributed by atoms with Crippen LogP contribution >= 0.6 is 15.9 Å². The minimum atomic E-state index is -0.414. The number of alkyl halides is 1. The molecule has 1 aromatic heterocycles. The normalized spacial score (nSPS) is 9.64. The zero-order valence-electron chi connectivity index (χ0n) is 5.95. The number of carbonyl (C=O) groups excluding carboxylic acids is 1. The van der Waals surface area contributed by atoms with Gasteiger partial charge in [0.1, 0.15) is 5.52 Å². The van der Waals surface area contributed by atoms with Crippen LogP contribution in [0.25, 0.3) is 0 Å². The fraction of sp³-hybridized carbons (Fsp3) is 0.333. The largest absolute Gasteiger partial charge is 0.449 e. The molecule has 4 nitrogen and oxygen atoms in total. The SMILES string of the molecule is Cn1cnc(C(=O)OCBr)c1. The predicted molar refractivity (Wildman–Crippen MR) is 42.4 cm³/mol. The number of carbonyl (C=O) groups is 1. The van der Waals surface area contributed by atoms with E-state index in [1.165, 1.54) is 0 Å². The Hall–Kier alpha value is -0.840. The van der Waals surface area contributed by atoms with Crippen molar-refractivity contribution in [3.63, 3.8) is 0 Å². The highest BCUT2D eigenvalue weighted by Crippen LogP contribution is 1.98. The van der Waals surface area contributed by atoms with E-state index in [1.807, 2.05) is 0 Å². The van der Waals surface area contributed by atoms with Gasteiger partial charge in [-0.3, -0.25) is 0 Å². The highest BCUT2D eigenvalue weighted by Gasteiger charge is 2.08. The van der Waals surface area contributed by atoms with Crippen LogP contribution in [0.3, 0.4) is 0 Å². The Morgan fingerprint density at radius 3 is 3.09 bits per heavy atom. The molecule has 1 aromatic rings. The molecule has 0 spiro atoms. The second-order valence-electron chi connectivity index (χ2n) is 1.97. The summed E-state index contributed by atoms with van der Waals surface area (Å²) in [6, 6.07) is 0. The summed E-state index contributed by atoms with van der Waals surface area (Å²) < 4.78 is 6.33. The first-order valence-corrected chi connectivity index (χ1v) is 4.07. The van der Waals surface area contributed by atoms with E-state index in [9.17, 15) is 4.79 Å². The number of rotatable bonds is 2. The molecule has 0 amide bonds. The molecule has 0 saturated carbocycles. The van der Waals surface area contributed by atoms with Gasteiger partial charge in [0.2, 0.25) is 0 Å². The Morgan fingerprint density at radius 2 is 2.64 bits per heavy atom. The van der Waals surface area contributed by atoms with E-state index >= 15 is 0 Å². The van der Waals surface area contributed by atoms with Gasteiger partial charge in [-0.2, -0.15) is 0 Å². The fourth-order valence-electron chi connectivity index (χ4n) is 0.642. The summed E-state index contributed by atoms with van der Waals surface area (Å²) in [4.78, 5) is 14.7. The van der Waals surface area contributed by atoms with Crippen molar-refractivity contribution in [2.75, 3.05) is 5.52 Å². The van der Waals surface area contributed by atoms with E-state index in [2.05, 4.69) is 25.7 Å². The molecule has 0 radical (unpaired) electrons. The molecule has 0 unspecified atom stereocenters. The Bertz CT molecular complexity index is 259. The van der Waals surface area contributed by atoms with E-state index in [0.29, 0.717) is 5.69 Å². The van der Waals surface area contributed by atoms with E-state index in [4.69, 9.17) is 0 Å². The van der Waals surface area contributed by atoms with Crippen molar-refractivity contribution in [2.24, 2.45) is 7.05 Å². The van der Waals surface area contributed by atoms with Crippen LogP contribution < -0.4 is 0 Å². The standard InChI is InChI=1S/C6H7BrN2O2/c1-9-2-5(8-4-9)6(10)11-3-7/h2,4H,3H2,1H3. The molecule has 0 aromatic carbocycles. The number of halogens is 1. The Labute approximate surface area is 72.3 Å². The Balaban J connectivity index is 2.69. The lowest BCUT2D eigenvalue weighted by molar-refractivity contribution is 0.0578. The molecule has 0 aliphatic rings. The van der Waals surface area contributed by atoms with Crippen molar-refractivity contribution in [3.05, 3.63) is 18.2 Å². The summed E-state index contributed by atoms with van der Waals surface area (Å²) in [5.41, 5.74) is 0.523. The maximum atomic E-state index is 10.9. The first-order chi connectivity index (χ1) is 5.24. The number of aromatic nitrogens is 2. The predicted octanol–water partition coefficient (Wildman–Crippen LogP) is 0.929. The topological polar surface area (TPSA) is 44.1 Å². The van der Waals surface area contributed by atoms with Crippen LogP contribution in [0, 0.1) is 0 Å². The average Bonchev–Trinajstić information content (AvgIpc) is 2.36. The monoisotopic (exact) mass is 218 g/mol. The highest BCUT2D eigenvalue weighted by atomic mass is 79.9. The third-order valence-electron chi connectivity index (χ3n) is 1.10. The van der Waals surface area contributed by atoms with Crippen LogP contribution in [0.2, 0.25) is 0 Å². The van der Waals surface area contributed by atoms with Gasteiger partial charge < -0.3 is 9.30 Å². The van der Waals surface area contributed by atoms with Gasteiger partial charge in [0.15, 0.2) is 5.69 Å².